The lowest BCUT2D eigenvalue weighted by atomic mass is 10.2. The van der Waals surface area contributed by atoms with E-state index in [1.807, 2.05) is 0 Å². The third kappa shape index (κ3) is 3.46. The van der Waals surface area contributed by atoms with E-state index < -0.39 is 11.8 Å². The zero-order valence-electron chi connectivity index (χ0n) is 9.58. The quantitative estimate of drug-likeness (QED) is 0.384. The van der Waals surface area contributed by atoms with Crippen molar-refractivity contribution in [3.05, 3.63) is 30.5 Å². The van der Waals surface area contributed by atoms with E-state index in [0.29, 0.717) is 20.7 Å². The van der Waals surface area contributed by atoms with Crippen molar-refractivity contribution < 1.29 is 9.59 Å². The molecule has 0 saturated carbocycles. The number of amides is 2. The van der Waals surface area contributed by atoms with Crippen molar-refractivity contribution in [2.24, 2.45) is 0 Å². The van der Waals surface area contributed by atoms with E-state index in [4.69, 9.17) is 5.73 Å². The van der Waals surface area contributed by atoms with Gasteiger partial charge in [0.1, 0.15) is 0 Å². The van der Waals surface area contributed by atoms with Gasteiger partial charge in [-0.15, -0.1) is 12.6 Å². The molecular weight excluding hydrogens is 284 g/mol. The van der Waals surface area contributed by atoms with Crippen LogP contribution in [0.4, 0.5) is 16.5 Å². The van der Waals surface area contributed by atoms with E-state index in [1.54, 1.807) is 24.3 Å². The summed E-state index contributed by atoms with van der Waals surface area (Å²) in [4.78, 5) is 27.1. The van der Waals surface area contributed by atoms with Crippen molar-refractivity contribution in [2.75, 3.05) is 16.4 Å². The fraction of sp³-hybridized carbons (Fsp3) is 0. The summed E-state index contributed by atoms with van der Waals surface area (Å²) in [5, 5.41) is 5.10. The van der Waals surface area contributed by atoms with Crippen LogP contribution in [0.2, 0.25) is 0 Å². The third-order valence-corrected chi connectivity index (χ3v) is 3.23. The highest BCUT2D eigenvalue weighted by Gasteiger charge is 2.16. The van der Waals surface area contributed by atoms with E-state index in [1.165, 1.54) is 6.20 Å². The number of nitrogens with one attached hydrogen (secondary N) is 2. The maximum atomic E-state index is 11.7. The molecule has 19 heavy (non-hydrogen) atoms. The second-order valence-electron chi connectivity index (χ2n) is 3.50. The van der Waals surface area contributed by atoms with Crippen molar-refractivity contribution in [1.82, 2.24) is 4.98 Å². The van der Waals surface area contributed by atoms with Crippen molar-refractivity contribution in [3.63, 3.8) is 0 Å². The molecule has 0 saturated heterocycles. The SMILES string of the molecule is Nc1ccccc1NC(=O)C(=O)Nc1ncc(S)s1. The predicted molar refractivity (Wildman–Crippen MR) is 77.5 cm³/mol. The van der Waals surface area contributed by atoms with Gasteiger partial charge in [-0.3, -0.25) is 14.9 Å². The van der Waals surface area contributed by atoms with Gasteiger partial charge in [0.15, 0.2) is 5.13 Å². The molecular formula is C11H10N4O2S2. The molecule has 1 aromatic heterocycles. The average molecular weight is 294 g/mol. The number of hydrogen-bond donors (Lipinski definition) is 4. The van der Waals surface area contributed by atoms with E-state index >= 15 is 0 Å². The number of aromatic nitrogens is 1. The first-order valence-corrected chi connectivity index (χ1v) is 6.44. The first-order chi connectivity index (χ1) is 9.06. The molecule has 1 aromatic carbocycles. The number of nitrogens with two attached hydrogens (primary N) is 1. The monoisotopic (exact) mass is 294 g/mol. The highest BCUT2D eigenvalue weighted by Crippen LogP contribution is 2.21. The molecule has 6 nitrogen and oxygen atoms in total. The molecule has 0 atom stereocenters. The number of anilines is 3. The van der Waals surface area contributed by atoms with Crippen molar-refractivity contribution in [3.8, 4) is 0 Å². The van der Waals surface area contributed by atoms with Gasteiger partial charge in [0.25, 0.3) is 0 Å². The Bertz CT molecular complexity index is 627. The van der Waals surface area contributed by atoms with Crippen molar-refractivity contribution in [2.45, 2.75) is 4.21 Å². The highest BCUT2D eigenvalue weighted by atomic mass is 32.2. The van der Waals surface area contributed by atoms with Crippen LogP contribution in [0.3, 0.4) is 0 Å². The van der Waals surface area contributed by atoms with Crippen LogP contribution in [-0.4, -0.2) is 16.8 Å². The maximum absolute atomic E-state index is 11.7. The lowest BCUT2D eigenvalue weighted by molar-refractivity contribution is -0.132. The lowest BCUT2D eigenvalue weighted by Crippen LogP contribution is -2.29. The molecule has 0 aliphatic heterocycles. The molecule has 2 amide bonds. The summed E-state index contributed by atoms with van der Waals surface area (Å²) in [6.45, 7) is 0. The van der Waals surface area contributed by atoms with Gasteiger partial charge in [-0.05, 0) is 12.1 Å². The second kappa shape index (κ2) is 5.72. The average Bonchev–Trinajstić information content (AvgIpc) is 2.77. The summed E-state index contributed by atoms with van der Waals surface area (Å²) in [7, 11) is 0. The third-order valence-electron chi connectivity index (χ3n) is 2.13. The molecule has 8 heteroatoms. The van der Waals surface area contributed by atoms with E-state index in [0.717, 1.165) is 11.3 Å². The van der Waals surface area contributed by atoms with Crippen LogP contribution < -0.4 is 16.4 Å². The number of nitrogens with zero attached hydrogens (tertiary/aromatic N) is 1. The lowest BCUT2D eigenvalue weighted by Gasteiger charge is -2.06. The normalized spacial score (nSPS) is 9.95. The smallest absolute Gasteiger partial charge is 0.315 e. The van der Waals surface area contributed by atoms with Gasteiger partial charge >= 0.3 is 11.8 Å². The number of para-hydroxylation sites is 2. The Morgan fingerprint density at radius 3 is 2.53 bits per heavy atom. The van der Waals surface area contributed by atoms with Crippen molar-refractivity contribution >= 4 is 52.3 Å². The Morgan fingerprint density at radius 2 is 1.89 bits per heavy atom. The number of carbonyl (C=O) groups is 2. The topological polar surface area (TPSA) is 97.1 Å². The number of hydrogen-bond acceptors (Lipinski definition) is 6. The van der Waals surface area contributed by atoms with Crippen LogP contribution in [0, 0.1) is 0 Å². The number of benzene rings is 1. The summed E-state index contributed by atoms with van der Waals surface area (Å²) in [5.41, 5.74) is 6.43. The number of rotatable bonds is 2. The second-order valence-corrected chi connectivity index (χ2v) is 5.31. The number of thiazole rings is 1. The minimum Gasteiger partial charge on any atom is -0.397 e. The summed E-state index contributed by atoms with van der Waals surface area (Å²) in [6.07, 6.45) is 1.48. The summed E-state index contributed by atoms with van der Waals surface area (Å²) in [6, 6.07) is 6.67. The van der Waals surface area contributed by atoms with E-state index in [-0.39, 0.29) is 0 Å². The highest BCUT2D eigenvalue weighted by molar-refractivity contribution is 7.83. The molecule has 0 unspecified atom stereocenters. The standard InChI is InChI=1S/C11H10N4O2S2/c12-6-3-1-2-4-7(6)14-9(16)10(17)15-11-13-5-8(18)19-11/h1-5,18H,12H2,(H,14,16)(H,13,15,17). The Morgan fingerprint density at radius 1 is 1.21 bits per heavy atom. The molecule has 2 aromatic rings. The molecule has 0 radical (unpaired) electrons. The van der Waals surface area contributed by atoms with Crippen LogP contribution in [0.5, 0.6) is 0 Å². The Hall–Kier alpha value is -2.06. The number of carbonyl (C=O) groups excluding carboxylic acids is 2. The molecule has 4 N–H and O–H groups in total. The van der Waals surface area contributed by atoms with Crippen LogP contribution in [-0.2, 0) is 9.59 Å². The zero-order chi connectivity index (χ0) is 13.8. The number of nitrogen functional groups attached to an aromatic ring is 1. The van der Waals surface area contributed by atoms with E-state index in [2.05, 4.69) is 28.2 Å². The van der Waals surface area contributed by atoms with Crippen LogP contribution >= 0.6 is 24.0 Å². The molecule has 0 spiro atoms. The predicted octanol–water partition coefficient (Wildman–Crippen LogP) is 1.59. The van der Waals surface area contributed by atoms with Crippen LogP contribution in [0.25, 0.3) is 0 Å². The molecule has 0 bridgehead atoms. The van der Waals surface area contributed by atoms with Crippen LogP contribution in [0.1, 0.15) is 0 Å². The molecule has 0 fully saturated rings. The molecule has 98 valence electrons. The minimum atomic E-state index is -0.814. The Labute approximate surface area is 118 Å². The van der Waals surface area contributed by atoms with Crippen molar-refractivity contribution in [1.29, 1.82) is 0 Å². The van der Waals surface area contributed by atoms with Gasteiger partial charge in [-0.1, -0.05) is 23.5 Å². The maximum Gasteiger partial charge on any atom is 0.315 e. The molecule has 2 rings (SSSR count). The van der Waals surface area contributed by atoms with Gasteiger partial charge in [-0.2, -0.15) is 0 Å². The summed E-state index contributed by atoms with van der Waals surface area (Å²) >= 11 is 5.22. The Kier molecular flexibility index (Phi) is 4.03. The number of thiol groups is 1. The van der Waals surface area contributed by atoms with Gasteiger partial charge in [0.2, 0.25) is 0 Å². The first kappa shape index (κ1) is 13.4. The van der Waals surface area contributed by atoms with Gasteiger partial charge in [-0.25, -0.2) is 4.98 Å². The molecule has 0 aliphatic rings. The molecule has 0 aliphatic carbocycles. The summed E-state index contributed by atoms with van der Waals surface area (Å²) < 4.78 is 0.642. The first-order valence-electron chi connectivity index (χ1n) is 5.18. The van der Waals surface area contributed by atoms with E-state index in [9.17, 15) is 9.59 Å². The summed E-state index contributed by atoms with van der Waals surface area (Å²) in [5.74, 6) is -1.63. The fourth-order valence-electron chi connectivity index (χ4n) is 1.27. The fourth-order valence-corrected chi connectivity index (χ4v) is 2.14. The minimum absolute atomic E-state index is 0.311. The van der Waals surface area contributed by atoms with Gasteiger partial charge < -0.3 is 11.1 Å². The Balaban J connectivity index is 2.00. The van der Waals surface area contributed by atoms with Gasteiger partial charge in [0.05, 0.1) is 21.8 Å². The zero-order valence-corrected chi connectivity index (χ0v) is 11.3. The largest absolute Gasteiger partial charge is 0.397 e. The molecule has 1 heterocycles. The van der Waals surface area contributed by atoms with Crippen LogP contribution in [0.15, 0.2) is 34.7 Å². The van der Waals surface area contributed by atoms with Gasteiger partial charge in [0, 0.05) is 0 Å².